The molecule has 1 fully saturated rings. The SMILES string of the molecule is COc1ccc(CN2C(=O)N[C@H](CCC(=O)Nc3ccc4c(c3)ncn4C)C2=O)cc1. The number of anilines is 1. The summed E-state index contributed by atoms with van der Waals surface area (Å²) in [5.41, 5.74) is 3.20. The van der Waals surface area contributed by atoms with E-state index in [0.29, 0.717) is 11.4 Å². The van der Waals surface area contributed by atoms with Gasteiger partial charge in [-0.1, -0.05) is 12.1 Å². The minimum absolute atomic E-state index is 0.104. The number of aromatic nitrogens is 2. The van der Waals surface area contributed by atoms with Gasteiger partial charge in [0, 0.05) is 19.2 Å². The molecule has 4 amide bonds. The predicted octanol–water partition coefficient (Wildman–Crippen LogP) is 2.42. The topological polar surface area (TPSA) is 106 Å². The molecule has 0 unspecified atom stereocenters. The molecule has 1 atom stereocenters. The van der Waals surface area contributed by atoms with Crippen molar-refractivity contribution in [2.75, 3.05) is 12.4 Å². The summed E-state index contributed by atoms with van der Waals surface area (Å²) in [6, 6.07) is 11.5. The van der Waals surface area contributed by atoms with Crippen molar-refractivity contribution >= 4 is 34.6 Å². The lowest BCUT2D eigenvalue weighted by Crippen LogP contribution is -2.31. The lowest BCUT2D eigenvalue weighted by atomic mass is 10.1. The number of rotatable bonds is 7. The van der Waals surface area contributed by atoms with E-state index < -0.39 is 12.1 Å². The molecule has 3 aromatic rings. The summed E-state index contributed by atoms with van der Waals surface area (Å²) in [6.45, 7) is 0.168. The molecule has 160 valence electrons. The number of ether oxygens (including phenoxy) is 1. The zero-order valence-corrected chi connectivity index (χ0v) is 17.3. The average Bonchev–Trinajstić information content (AvgIpc) is 3.26. The van der Waals surface area contributed by atoms with E-state index in [-0.39, 0.29) is 31.2 Å². The van der Waals surface area contributed by atoms with E-state index in [2.05, 4.69) is 15.6 Å². The molecule has 2 heterocycles. The van der Waals surface area contributed by atoms with Gasteiger partial charge in [0.2, 0.25) is 5.91 Å². The highest BCUT2D eigenvalue weighted by Crippen LogP contribution is 2.20. The smallest absolute Gasteiger partial charge is 0.325 e. The fraction of sp³-hybridized carbons (Fsp3) is 0.273. The maximum Gasteiger partial charge on any atom is 0.325 e. The number of hydrogen-bond donors (Lipinski definition) is 2. The average molecular weight is 421 g/mol. The third-order valence-corrected chi connectivity index (χ3v) is 5.28. The van der Waals surface area contributed by atoms with Crippen molar-refractivity contribution in [2.24, 2.45) is 7.05 Å². The molecule has 4 rings (SSSR count). The van der Waals surface area contributed by atoms with Crippen LogP contribution in [-0.4, -0.2) is 45.4 Å². The van der Waals surface area contributed by atoms with Crippen molar-refractivity contribution in [2.45, 2.75) is 25.4 Å². The Labute approximate surface area is 179 Å². The number of nitrogens with one attached hydrogen (secondary N) is 2. The number of carbonyl (C=O) groups is 3. The first-order valence-electron chi connectivity index (χ1n) is 9.90. The molecule has 0 spiro atoms. The summed E-state index contributed by atoms with van der Waals surface area (Å²) < 4.78 is 7.01. The van der Waals surface area contributed by atoms with Crippen LogP contribution in [0, 0.1) is 0 Å². The minimum atomic E-state index is -0.713. The normalized spacial score (nSPS) is 15.9. The number of methoxy groups -OCH3 is 1. The number of imidazole rings is 1. The summed E-state index contributed by atoms with van der Waals surface area (Å²) in [6.07, 6.45) is 2.04. The van der Waals surface area contributed by atoms with Crippen LogP contribution in [-0.2, 0) is 23.2 Å². The Morgan fingerprint density at radius 1 is 1.19 bits per heavy atom. The maximum atomic E-state index is 12.6. The largest absolute Gasteiger partial charge is 0.497 e. The van der Waals surface area contributed by atoms with E-state index in [1.54, 1.807) is 49.8 Å². The summed E-state index contributed by atoms with van der Waals surface area (Å²) in [5.74, 6) is 0.140. The Kier molecular flexibility index (Phi) is 5.57. The van der Waals surface area contributed by atoms with E-state index in [0.717, 1.165) is 16.6 Å². The van der Waals surface area contributed by atoms with Crippen LogP contribution in [0.25, 0.3) is 11.0 Å². The highest BCUT2D eigenvalue weighted by atomic mass is 16.5. The maximum absolute atomic E-state index is 12.6. The Bertz CT molecular complexity index is 1140. The zero-order chi connectivity index (χ0) is 22.0. The molecular weight excluding hydrogens is 398 g/mol. The highest BCUT2D eigenvalue weighted by Gasteiger charge is 2.37. The molecule has 9 heteroatoms. The molecule has 2 N–H and O–H groups in total. The van der Waals surface area contributed by atoms with Crippen molar-refractivity contribution < 1.29 is 19.1 Å². The third-order valence-electron chi connectivity index (χ3n) is 5.28. The first-order chi connectivity index (χ1) is 14.9. The number of hydrogen-bond acceptors (Lipinski definition) is 5. The van der Waals surface area contributed by atoms with Crippen LogP contribution in [0.3, 0.4) is 0 Å². The first-order valence-corrected chi connectivity index (χ1v) is 9.90. The molecule has 1 aliphatic heterocycles. The van der Waals surface area contributed by atoms with Crippen LogP contribution in [0.2, 0.25) is 0 Å². The number of imide groups is 1. The Morgan fingerprint density at radius 3 is 2.71 bits per heavy atom. The van der Waals surface area contributed by atoms with Crippen LogP contribution >= 0.6 is 0 Å². The van der Waals surface area contributed by atoms with Crippen LogP contribution < -0.4 is 15.4 Å². The standard InChI is InChI=1S/C22H23N5O4/c1-26-13-23-18-11-15(5-9-19(18)26)24-20(28)10-8-17-21(29)27(22(30)25-17)12-14-3-6-16(31-2)7-4-14/h3-7,9,11,13,17H,8,10,12H2,1-2H3,(H,24,28)(H,25,30)/t17-/m1/s1. The Hall–Kier alpha value is -3.88. The van der Waals surface area contributed by atoms with Crippen LogP contribution in [0.15, 0.2) is 48.8 Å². The molecule has 0 bridgehead atoms. The monoisotopic (exact) mass is 421 g/mol. The number of urea groups is 1. The number of fused-ring (bicyclic) bond motifs is 1. The van der Waals surface area contributed by atoms with E-state index >= 15 is 0 Å². The van der Waals surface area contributed by atoms with Gasteiger partial charge in [0.15, 0.2) is 0 Å². The van der Waals surface area contributed by atoms with Gasteiger partial charge in [-0.15, -0.1) is 0 Å². The van der Waals surface area contributed by atoms with Gasteiger partial charge in [-0.05, 0) is 42.3 Å². The molecule has 1 aliphatic rings. The fourth-order valence-electron chi connectivity index (χ4n) is 3.55. The molecule has 0 aliphatic carbocycles. The lowest BCUT2D eigenvalue weighted by Gasteiger charge is -2.13. The molecule has 9 nitrogen and oxygen atoms in total. The van der Waals surface area contributed by atoms with Crippen molar-refractivity contribution in [3.8, 4) is 5.75 Å². The molecular formula is C22H23N5O4. The fourth-order valence-corrected chi connectivity index (χ4v) is 3.55. The molecule has 0 radical (unpaired) electrons. The molecule has 2 aromatic carbocycles. The van der Waals surface area contributed by atoms with Gasteiger partial charge in [-0.2, -0.15) is 0 Å². The van der Waals surface area contributed by atoms with Gasteiger partial charge >= 0.3 is 6.03 Å². The lowest BCUT2D eigenvalue weighted by molar-refractivity contribution is -0.128. The second-order valence-corrected chi connectivity index (χ2v) is 7.42. The van der Waals surface area contributed by atoms with Crippen molar-refractivity contribution in [1.29, 1.82) is 0 Å². The summed E-state index contributed by atoms with van der Waals surface area (Å²) in [7, 11) is 3.47. The molecule has 1 aromatic heterocycles. The van der Waals surface area contributed by atoms with Crippen molar-refractivity contribution in [3.05, 3.63) is 54.4 Å². The van der Waals surface area contributed by atoms with Crippen LogP contribution in [0.1, 0.15) is 18.4 Å². The predicted molar refractivity (Wildman–Crippen MR) is 114 cm³/mol. The van der Waals surface area contributed by atoms with E-state index in [4.69, 9.17) is 4.74 Å². The summed E-state index contributed by atoms with van der Waals surface area (Å²) in [5, 5.41) is 5.48. The molecule has 31 heavy (non-hydrogen) atoms. The molecule has 0 saturated carbocycles. The van der Waals surface area contributed by atoms with Gasteiger partial charge in [-0.3, -0.25) is 14.5 Å². The Balaban J connectivity index is 1.31. The highest BCUT2D eigenvalue weighted by molar-refractivity contribution is 6.04. The quantitative estimate of drug-likeness (QED) is 0.570. The van der Waals surface area contributed by atoms with E-state index in [9.17, 15) is 14.4 Å². The number of amides is 4. The number of benzene rings is 2. The van der Waals surface area contributed by atoms with Crippen LogP contribution in [0.5, 0.6) is 5.75 Å². The van der Waals surface area contributed by atoms with Gasteiger partial charge in [0.05, 0.1) is 31.0 Å². The van der Waals surface area contributed by atoms with Crippen molar-refractivity contribution in [3.63, 3.8) is 0 Å². The van der Waals surface area contributed by atoms with Gasteiger partial charge in [0.25, 0.3) is 5.91 Å². The zero-order valence-electron chi connectivity index (χ0n) is 17.3. The summed E-state index contributed by atoms with van der Waals surface area (Å²) >= 11 is 0. The van der Waals surface area contributed by atoms with Gasteiger partial charge < -0.3 is 19.9 Å². The van der Waals surface area contributed by atoms with Gasteiger partial charge in [-0.25, -0.2) is 9.78 Å². The van der Waals surface area contributed by atoms with Crippen molar-refractivity contribution in [1.82, 2.24) is 19.8 Å². The minimum Gasteiger partial charge on any atom is -0.497 e. The third kappa shape index (κ3) is 4.35. The van der Waals surface area contributed by atoms with Gasteiger partial charge in [0.1, 0.15) is 11.8 Å². The number of nitrogens with zero attached hydrogens (tertiary/aromatic N) is 3. The summed E-state index contributed by atoms with van der Waals surface area (Å²) in [4.78, 5) is 42.7. The Morgan fingerprint density at radius 2 is 1.97 bits per heavy atom. The van der Waals surface area contributed by atoms with E-state index in [1.807, 2.05) is 17.7 Å². The first kappa shape index (κ1) is 20.4. The number of aryl methyl sites for hydroxylation is 1. The van der Waals surface area contributed by atoms with Crippen LogP contribution in [0.4, 0.5) is 10.5 Å². The van der Waals surface area contributed by atoms with E-state index in [1.165, 1.54) is 4.90 Å². The molecule has 1 saturated heterocycles. The second-order valence-electron chi connectivity index (χ2n) is 7.42. The second kappa shape index (κ2) is 8.47. The number of carbonyl (C=O) groups excluding carboxylic acids is 3.